The van der Waals surface area contributed by atoms with Gasteiger partial charge in [0.25, 0.3) is 16.1 Å². The lowest BCUT2D eigenvalue weighted by Crippen LogP contribution is -2.57. The van der Waals surface area contributed by atoms with Crippen LogP contribution in [0.1, 0.15) is 82.5 Å². The number of nitrogens with zero attached hydrogens (tertiary/aromatic N) is 3. The van der Waals surface area contributed by atoms with Crippen LogP contribution >= 0.6 is 0 Å². The van der Waals surface area contributed by atoms with Gasteiger partial charge in [0, 0.05) is 44.2 Å². The molecule has 13 N–H and O–H groups in total. The van der Waals surface area contributed by atoms with Crippen molar-refractivity contribution < 1.29 is 62.0 Å². The number of hydrogen-bond acceptors (Lipinski definition) is 16. The number of ether oxygens (including phenoxy) is 2. The van der Waals surface area contributed by atoms with Crippen molar-refractivity contribution in [3.8, 4) is 34.0 Å². The van der Waals surface area contributed by atoms with E-state index in [4.69, 9.17) is 26.1 Å². The number of hydrogen-bond donors (Lipinski definition) is 10. The topological polar surface area (TPSA) is 371 Å². The summed E-state index contributed by atoms with van der Waals surface area (Å²) in [5, 5.41) is 43.7. The molecule has 1 aliphatic rings. The molecule has 24 heteroatoms. The van der Waals surface area contributed by atoms with Gasteiger partial charge in [-0.15, -0.1) is 0 Å². The Labute approximate surface area is 416 Å². The molecule has 388 valence electrons. The minimum Gasteiger partial charge on any atom is -0.490 e. The number of nitrogens with one attached hydrogen (secondary N) is 4. The Morgan fingerprint density at radius 2 is 1.50 bits per heavy atom. The lowest BCUT2D eigenvalue weighted by molar-refractivity contribution is -0.143. The smallest absolute Gasteiger partial charge is 0.326 e. The minimum atomic E-state index is -4.53. The van der Waals surface area contributed by atoms with Crippen molar-refractivity contribution in [1.29, 1.82) is 0 Å². The molecule has 3 aromatic carbocycles. The number of aliphatic hydroxyl groups is 2. The van der Waals surface area contributed by atoms with Gasteiger partial charge in [0.05, 0.1) is 22.5 Å². The zero-order valence-electron chi connectivity index (χ0n) is 40.9. The van der Waals surface area contributed by atoms with Crippen LogP contribution in [0.5, 0.6) is 11.5 Å². The third-order valence-corrected chi connectivity index (χ3v) is 12.3. The average Bonchev–Trinajstić information content (AvgIpc) is 3.32. The van der Waals surface area contributed by atoms with E-state index in [1.807, 2.05) is 29.0 Å². The van der Waals surface area contributed by atoms with Crippen molar-refractivity contribution >= 4 is 46.1 Å². The summed E-state index contributed by atoms with van der Waals surface area (Å²) in [6.45, 7) is 8.45. The number of aliphatic carboxylic acids is 1. The molecule has 0 saturated carbocycles. The van der Waals surface area contributed by atoms with Gasteiger partial charge in [0.15, 0.2) is 12.1 Å². The van der Waals surface area contributed by atoms with Crippen molar-refractivity contribution in [1.82, 2.24) is 35.5 Å². The molecule has 1 aliphatic heterocycles. The standard InChI is InChI=1S/C48H62N10O13S/c1-24-40(25(2)54-42(53-24)28-9-11-30(12-10-28)48(4,5)6)44(63)57-37(20-52-72(51,68)69)46(65)58(7)41-29-16-33(35(21-59)39(17-29)71-23-32(61)19-50)34-14-27(8-13-38(34)70-22-31(60)18-49)15-36(47(66)67)56-43(62)26(3)55-45(41)64/h8-14,16-17,21,26,31-32,36-37,41,52,60-61H,15,18-20,22-23,49-50H2,1-7H3,(H,55,64)(H,56,62)(H,57,63)(H,66,67)(H2,51,68,69)/t26-,31+,32+,36-,37-,41-/m0/s1. The second-order valence-electron chi connectivity index (χ2n) is 18.4. The van der Waals surface area contributed by atoms with E-state index in [1.165, 1.54) is 37.3 Å². The fraction of sp³-hybridized carbons (Fsp3) is 0.417. The number of likely N-dealkylation sites (N-methyl/N-ethyl adjacent to an activating group) is 1. The fourth-order valence-corrected chi connectivity index (χ4v) is 8.15. The summed E-state index contributed by atoms with van der Waals surface area (Å²) < 4.78 is 38.6. The Bertz CT molecular complexity index is 2780. The minimum absolute atomic E-state index is 0.0150. The van der Waals surface area contributed by atoms with E-state index in [0.29, 0.717) is 23.2 Å². The van der Waals surface area contributed by atoms with Crippen LogP contribution in [-0.4, -0.2) is 145 Å². The molecule has 4 bridgehead atoms. The molecule has 0 radical (unpaired) electrons. The Kier molecular flexibility index (Phi) is 18.3. The number of amides is 4. The fourth-order valence-electron chi connectivity index (χ4n) is 7.76. The maximum Gasteiger partial charge on any atom is 0.326 e. The molecular formula is C48H62N10O13S. The van der Waals surface area contributed by atoms with Crippen LogP contribution in [0.15, 0.2) is 54.6 Å². The molecule has 4 amide bonds. The van der Waals surface area contributed by atoms with Crippen molar-refractivity contribution in [2.45, 2.75) is 89.8 Å². The van der Waals surface area contributed by atoms with Gasteiger partial charge in [0.1, 0.15) is 61.1 Å². The van der Waals surface area contributed by atoms with Gasteiger partial charge in [0.2, 0.25) is 17.7 Å². The number of aryl methyl sites for hydroxylation is 2. The molecule has 0 fully saturated rings. The number of carbonyl (C=O) groups excluding carboxylic acids is 5. The largest absolute Gasteiger partial charge is 0.490 e. The van der Waals surface area contributed by atoms with Gasteiger partial charge >= 0.3 is 5.97 Å². The number of carboxylic acids is 1. The monoisotopic (exact) mass is 1020 g/mol. The molecule has 0 saturated heterocycles. The zero-order valence-corrected chi connectivity index (χ0v) is 41.7. The summed E-state index contributed by atoms with van der Waals surface area (Å²) >= 11 is 0. The summed E-state index contributed by atoms with van der Waals surface area (Å²) in [5.74, 6) is -5.35. The number of aliphatic hydroxyl groups excluding tert-OH is 2. The summed E-state index contributed by atoms with van der Waals surface area (Å²) in [5.41, 5.74) is 13.4. The predicted molar refractivity (Wildman–Crippen MR) is 263 cm³/mol. The number of nitrogens with two attached hydrogens (primary N) is 3. The first-order valence-corrected chi connectivity index (χ1v) is 24.2. The molecule has 4 aromatic rings. The van der Waals surface area contributed by atoms with Gasteiger partial charge < -0.3 is 57.1 Å². The summed E-state index contributed by atoms with van der Waals surface area (Å²) in [6.07, 6.45) is -2.30. The van der Waals surface area contributed by atoms with E-state index in [1.54, 1.807) is 13.8 Å². The number of aromatic nitrogens is 2. The van der Waals surface area contributed by atoms with E-state index in [0.717, 1.165) is 17.5 Å². The average molecular weight is 1020 g/mol. The molecule has 2 heterocycles. The van der Waals surface area contributed by atoms with Gasteiger partial charge in [-0.3, -0.25) is 24.0 Å². The number of benzene rings is 3. The number of fused-ring (bicyclic) bond motifs is 5. The highest BCUT2D eigenvalue weighted by atomic mass is 32.2. The highest BCUT2D eigenvalue weighted by Crippen LogP contribution is 2.40. The Hall–Kier alpha value is -6.93. The van der Waals surface area contributed by atoms with Crippen molar-refractivity contribution in [2.75, 3.05) is 39.9 Å². The van der Waals surface area contributed by atoms with Crippen molar-refractivity contribution in [2.24, 2.45) is 16.6 Å². The lowest BCUT2D eigenvalue weighted by atomic mass is 9.86. The number of carbonyl (C=O) groups is 6. The highest BCUT2D eigenvalue weighted by molar-refractivity contribution is 7.87. The van der Waals surface area contributed by atoms with E-state index >= 15 is 0 Å². The Morgan fingerprint density at radius 1 is 0.903 bits per heavy atom. The highest BCUT2D eigenvalue weighted by Gasteiger charge is 2.38. The first kappa shape index (κ1) is 56.0. The molecule has 0 unspecified atom stereocenters. The molecule has 0 spiro atoms. The van der Waals surface area contributed by atoms with E-state index in [9.17, 15) is 52.5 Å². The lowest BCUT2D eigenvalue weighted by Gasteiger charge is -2.33. The van der Waals surface area contributed by atoms with Gasteiger partial charge in [-0.25, -0.2) is 19.9 Å². The number of rotatable bonds is 18. The zero-order chi connectivity index (χ0) is 53.4. The van der Waals surface area contributed by atoms with Crippen LogP contribution in [0.4, 0.5) is 0 Å². The van der Waals surface area contributed by atoms with E-state index in [-0.39, 0.29) is 82.2 Å². The van der Waals surface area contributed by atoms with Crippen LogP contribution in [0.25, 0.3) is 22.5 Å². The van der Waals surface area contributed by atoms with Gasteiger partial charge in [-0.2, -0.15) is 13.1 Å². The maximum absolute atomic E-state index is 14.9. The summed E-state index contributed by atoms with van der Waals surface area (Å²) in [6, 6.07) is 7.87. The van der Waals surface area contributed by atoms with Gasteiger partial charge in [-0.05, 0) is 72.7 Å². The maximum atomic E-state index is 14.9. The number of aldehydes is 1. The van der Waals surface area contributed by atoms with Crippen LogP contribution in [0.3, 0.4) is 0 Å². The Morgan fingerprint density at radius 3 is 2.04 bits per heavy atom. The van der Waals surface area contributed by atoms with E-state index in [2.05, 4.69) is 46.7 Å². The summed E-state index contributed by atoms with van der Waals surface area (Å²) in [4.78, 5) is 93.2. The van der Waals surface area contributed by atoms with Crippen LogP contribution in [0, 0.1) is 13.8 Å². The van der Waals surface area contributed by atoms with E-state index < -0.39 is 89.3 Å². The van der Waals surface area contributed by atoms with Crippen LogP contribution in [-0.2, 0) is 41.2 Å². The molecule has 5 rings (SSSR count). The molecule has 72 heavy (non-hydrogen) atoms. The first-order valence-electron chi connectivity index (χ1n) is 22.7. The molecule has 23 nitrogen and oxygen atoms in total. The first-order chi connectivity index (χ1) is 33.8. The summed E-state index contributed by atoms with van der Waals surface area (Å²) in [7, 11) is -3.38. The molecular weight excluding hydrogens is 957 g/mol. The number of carboxylic acid groups (broad SMARTS) is 1. The van der Waals surface area contributed by atoms with Crippen molar-refractivity contribution in [3.63, 3.8) is 0 Å². The predicted octanol–water partition coefficient (Wildman–Crippen LogP) is -0.344. The Balaban J connectivity index is 1.69. The SMILES string of the molecule is Cc1nc(-c2ccc(C(C)(C)C)cc2)nc(C)c1C(=O)N[C@@H](CNS(N)(=O)=O)C(=O)N(C)[C@@H]1C(=O)N[C@@H](C)C(=O)N[C@H](C(=O)O)Cc2ccc(OC[C@H](O)CN)c(c2)-c2cc1cc(OC[C@H](O)CN)c2C=O. The normalized spacial score (nSPS) is 17.5. The second-order valence-corrected chi connectivity index (χ2v) is 19.7. The van der Waals surface area contributed by atoms with Crippen LogP contribution in [0.2, 0.25) is 0 Å². The molecule has 0 aliphatic carbocycles. The quantitative estimate of drug-likeness (QED) is 0.0570. The third-order valence-electron chi connectivity index (χ3n) is 11.7. The second kappa shape index (κ2) is 23.5. The molecule has 6 atom stereocenters. The molecule has 1 aromatic heterocycles. The van der Waals surface area contributed by atoms with Gasteiger partial charge in [-0.1, -0.05) is 51.1 Å². The van der Waals surface area contributed by atoms with Crippen LogP contribution < -0.4 is 46.8 Å². The third kappa shape index (κ3) is 13.9. The van der Waals surface area contributed by atoms with Crippen molar-refractivity contribution in [3.05, 3.63) is 93.8 Å².